The van der Waals surface area contributed by atoms with Crippen LogP contribution in [0.5, 0.6) is 11.6 Å². The first-order valence-electron chi connectivity index (χ1n) is 5.71. The average Bonchev–Trinajstić information content (AvgIpc) is 2.54. The second-order valence-corrected chi connectivity index (χ2v) is 4.34. The minimum Gasteiger partial charge on any atom is -0.435 e. The first-order valence-corrected chi connectivity index (χ1v) is 5.71. The quantitative estimate of drug-likeness (QED) is 0.922. The van der Waals surface area contributed by atoms with Crippen molar-refractivity contribution in [3.63, 3.8) is 0 Å². The van der Waals surface area contributed by atoms with E-state index in [1.165, 1.54) is 0 Å². The number of rotatable bonds is 2. The van der Waals surface area contributed by atoms with Crippen molar-refractivity contribution in [2.24, 2.45) is 7.05 Å². The number of aromatic nitrogens is 3. The summed E-state index contributed by atoms with van der Waals surface area (Å²) in [5, 5.41) is 4.11. The molecule has 108 valence electrons. The molecule has 0 aliphatic carbocycles. The number of hydrogen-bond donors (Lipinski definition) is 1. The lowest BCUT2D eigenvalue weighted by Gasteiger charge is -2.10. The number of ether oxygens (including phenoxy) is 1. The SMILES string of the molecule is Cc1nn(C)c(C)c1Oc1cc(C(F)(F)F)cc(N)n1. The van der Waals surface area contributed by atoms with Crippen molar-refractivity contribution < 1.29 is 17.9 Å². The van der Waals surface area contributed by atoms with Crippen LogP contribution in [0.15, 0.2) is 12.1 Å². The minimum absolute atomic E-state index is 0.212. The molecule has 0 bridgehead atoms. The van der Waals surface area contributed by atoms with Gasteiger partial charge in [-0.15, -0.1) is 0 Å². The highest BCUT2D eigenvalue weighted by molar-refractivity contribution is 5.41. The van der Waals surface area contributed by atoms with Gasteiger partial charge in [0.25, 0.3) is 0 Å². The first-order chi connectivity index (χ1) is 9.18. The molecule has 0 saturated heterocycles. The lowest BCUT2D eigenvalue weighted by atomic mass is 10.2. The molecule has 0 saturated carbocycles. The van der Waals surface area contributed by atoms with Gasteiger partial charge in [-0.1, -0.05) is 0 Å². The molecule has 8 heteroatoms. The van der Waals surface area contributed by atoms with Gasteiger partial charge in [0, 0.05) is 13.1 Å². The summed E-state index contributed by atoms with van der Waals surface area (Å²) in [4.78, 5) is 3.75. The Morgan fingerprint density at radius 1 is 1.25 bits per heavy atom. The molecule has 2 N–H and O–H groups in total. The van der Waals surface area contributed by atoms with E-state index in [1.54, 1.807) is 25.6 Å². The Morgan fingerprint density at radius 3 is 2.40 bits per heavy atom. The van der Waals surface area contributed by atoms with Gasteiger partial charge in [0.2, 0.25) is 5.88 Å². The van der Waals surface area contributed by atoms with Crippen LogP contribution in [0.25, 0.3) is 0 Å². The van der Waals surface area contributed by atoms with Gasteiger partial charge in [0.15, 0.2) is 5.75 Å². The Kier molecular flexibility index (Phi) is 3.33. The van der Waals surface area contributed by atoms with Crippen LogP contribution in [0.1, 0.15) is 17.0 Å². The number of nitrogen functional groups attached to an aromatic ring is 1. The molecule has 20 heavy (non-hydrogen) atoms. The highest BCUT2D eigenvalue weighted by atomic mass is 19.4. The van der Waals surface area contributed by atoms with Gasteiger partial charge in [0.05, 0.1) is 11.3 Å². The summed E-state index contributed by atoms with van der Waals surface area (Å²) < 4.78 is 45.1. The van der Waals surface area contributed by atoms with Gasteiger partial charge in [0.1, 0.15) is 11.5 Å². The van der Waals surface area contributed by atoms with Gasteiger partial charge in [-0.25, -0.2) is 0 Å². The van der Waals surface area contributed by atoms with E-state index in [1.807, 2.05) is 0 Å². The molecule has 2 aromatic heterocycles. The van der Waals surface area contributed by atoms with Crippen LogP contribution in [0, 0.1) is 13.8 Å². The number of halogens is 3. The Morgan fingerprint density at radius 2 is 1.90 bits per heavy atom. The number of nitrogens with zero attached hydrogens (tertiary/aromatic N) is 3. The van der Waals surface area contributed by atoms with Crippen molar-refractivity contribution >= 4 is 5.82 Å². The van der Waals surface area contributed by atoms with Crippen molar-refractivity contribution in [3.8, 4) is 11.6 Å². The molecule has 0 spiro atoms. The largest absolute Gasteiger partial charge is 0.435 e. The molecule has 0 unspecified atom stereocenters. The summed E-state index contributed by atoms with van der Waals surface area (Å²) in [6.07, 6.45) is -4.51. The number of alkyl halides is 3. The van der Waals surface area contributed by atoms with Gasteiger partial charge >= 0.3 is 6.18 Å². The minimum atomic E-state index is -4.51. The maximum atomic E-state index is 12.7. The molecule has 0 amide bonds. The highest BCUT2D eigenvalue weighted by Crippen LogP contribution is 2.34. The molecule has 0 aliphatic heterocycles. The molecule has 2 rings (SSSR count). The van der Waals surface area contributed by atoms with Crippen LogP contribution in [0.2, 0.25) is 0 Å². The second kappa shape index (κ2) is 4.69. The molecule has 2 heterocycles. The van der Waals surface area contributed by atoms with Crippen molar-refractivity contribution in [1.29, 1.82) is 0 Å². The first kappa shape index (κ1) is 14.2. The van der Waals surface area contributed by atoms with Crippen LogP contribution in [0.3, 0.4) is 0 Å². The fourth-order valence-corrected chi connectivity index (χ4v) is 1.75. The van der Waals surface area contributed by atoms with E-state index in [-0.39, 0.29) is 11.7 Å². The van der Waals surface area contributed by atoms with Crippen LogP contribution in [-0.2, 0) is 13.2 Å². The van der Waals surface area contributed by atoms with E-state index in [4.69, 9.17) is 10.5 Å². The van der Waals surface area contributed by atoms with E-state index in [0.717, 1.165) is 12.1 Å². The monoisotopic (exact) mass is 286 g/mol. The summed E-state index contributed by atoms with van der Waals surface area (Å²) in [5.41, 5.74) is 5.71. The van der Waals surface area contributed by atoms with E-state index in [2.05, 4.69) is 10.1 Å². The molecule has 0 radical (unpaired) electrons. The second-order valence-electron chi connectivity index (χ2n) is 4.34. The predicted octanol–water partition coefficient (Wildman–Crippen LogP) is 2.83. The van der Waals surface area contributed by atoms with E-state index in [0.29, 0.717) is 17.1 Å². The standard InChI is InChI=1S/C12H13F3N4O/c1-6-11(7(2)19(3)18-6)20-10-5-8(12(13,14)15)4-9(16)17-10/h4-5H,1-3H3,(H2,16,17). The van der Waals surface area contributed by atoms with Crippen molar-refractivity contribution in [3.05, 3.63) is 29.1 Å². The van der Waals surface area contributed by atoms with E-state index < -0.39 is 11.7 Å². The maximum Gasteiger partial charge on any atom is 0.416 e. The fraction of sp³-hybridized carbons (Fsp3) is 0.333. The molecule has 0 fully saturated rings. The zero-order valence-corrected chi connectivity index (χ0v) is 11.1. The summed E-state index contributed by atoms with van der Waals surface area (Å²) in [5.74, 6) is -0.0933. The zero-order chi connectivity index (χ0) is 15.1. The molecular formula is C12H13F3N4O. The van der Waals surface area contributed by atoms with Gasteiger partial charge in [-0.3, -0.25) is 4.68 Å². The van der Waals surface area contributed by atoms with Crippen LogP contribution in [0.4, 0.5) is 19.0 Å². The normalized spacial score (nSPS) is 11.7. The summed E-state index contributed by atoms with van der Waals surface area (Å²) >= 11 is 0. The third kappa shape index (κ3) is 2.68. The smallest absolute Gasteiger partial charge is 0.416 e. The molecule has 0 aromatic carbocycles. The Hall–Kier alpha value is -2.25. The van der Waals surface area contributed by atoms with Crippen molar-refractivity contribution in [2.45, 2.75) is 20.0 Å². The summed E-state index contributed by atoms with van der Waals surface area (Å²) in [6, 6.07) is 1.57. The Labute approximate surface area is 113 Å². The third-order valence-electron chi connectivity index (χ3n) is 2.80. The van der Waals surface area contributed by atoms with Gasteiger partial charge in [-0.2, -0.15) is 23.3 Å². The molecule has 5 nitrogen and oxygen atoms in total. The number of pyridine rings is 1. The average molecular weight is 286 g/mol. The third-order valence-corrected chi connectivity index (χ3v) is 2.80. The number of nitrogens with two attached hydrogens (primary N) is 1. The molecule has 0 aliphatic rings. The molecular weight excluding hydrogens is 273 g/mol. The van der Waals surface area contributed by atoms with E-state index in [9.17, 15) is 13.2 Å². The summed E-state index contributed by atoms with van der Waals surface area (Å²) in [7, 11) is 1.71. The van der Waals surface area contributed by atoms with Crippen molar-refractivity contribution in [2.75, 3.05) is 5.73 Å². The van der Waals surface area contributed by atoms with Crippen LogP contribution in [-0.4, -0.2) is 14.8 Å². The van der Waals surface area contributed by atoms with Crippen molar-refractivity contribution in [1.82, 2.24) is 14.8 Å². The van der Waals surface area contributed by atoms with Gasteiger partial charge < -0.3 is 10.5 Å². The fourth-order valence-electron chi connectivity index (χ4n) is 1.75. The lowest BCUT2D eigenvalue weighted by molar-refractivity contribution is -0.137. The Balaban J connectivity index is 2.41. The number of anilines is 1. The van der Waals surface area contributed by atoms with Gasteiger partial charge in [-0.05, 0) is 19.9 Å². The number of aryl methyl sites for hydroxylation is 2. The highest BCUT2D eigenvalue weighted by Gasteiger charge is 2.32. The number of hydrogen-bond acceptors (Lipinski definition) is 4. The molecule has 2 aromatic rings. The Bertz CT molecular complexity index is 649. The zero-order valence-electron chi connectivity index (χ0n) is 11.1. The maximum absolute atomic E-state index is 12.7. The molecule has 0 atom stereocenters. The van der Waals surface area contributed by atoms with Crippen LogP contribution >= 0.6 is 0 Å². The summed E-state index contributed by atoms with van der Waals surface area (Å²) in [6.45, 7) is 3.44. The van der Waals surface area contributed by atoms with E-state index >= 15 is 0 Å². The lowest BCUT2D eigenvalue weighted by Crippen LogP contribution is -2.07. The predicted molar refractivity (Wildman–Crippen MR) is 66.4 cm³/mol. The van der Waals surface area contributed by atoms with Crippen LogP contribution < -0.4 is 10.5 Å². The topological polar surface area (TPSA) is 66.0 Å².